The van der Waals surface area contributed by atoms with E-state index in [4.69, 9.17) is 4.42 Å². The molecule has 1 heterocycles. The van der Waals surface area contributed by atoms with Crippen molar-refractivity contribution >= 4 is 56.1 Å². The lowest BCUT2D eigenvalue weighted by Gasteiger charge is -2.34. The highest BCUT2D eigenvalue weighted by atomic mass is 16.3. The molecule has 10 aromatic carbocycles. The molecular weight excluding hydrogens is 817 g/mol. The van der Waals surface area contributed by atoms with Gasteiger partial charge in [0.05, 0.1) is 34.6 Å². The maximum absolute atomic E-state index is 10.4. The highest BCUT2D eigenvalue weighted by Crippen LogP contribution is 2.52. The van der Waals surface area contributed by atoms with E-state index in [0.717, 1.165) is 101 Å². The maximum Gasteiger partial charge on any atom is 0.143 e. The van der Waals surface area contributed by atoms with Crippen molar-refractivity contribution in [1.82, 2.24) is 0 Å². The number of hydrogen-bond acceptors (Lipinski definition) is 5. The predicted octanol–water partition coefficient (Wildman–Crippen LogP) is 16.9. The topological polar surface area (TPSA) is 67.2 Å². The Morgan fingerprint density at radius 2 is 0.821 bits per heavy atom. The SMILES string of the molecule is N#Cc1ccc(-c2cccc(N(c3ccccc3)c3cc(-c4cccc5c4oc4ccccc45)cc(N(c4ccccc4)c4ccc(-c5ccccc5)cc4)c3-c3cccc(C#N)c3)c2)cc1. The van der Waals surface area contributed by atoms with Crippen molar-refractivity contribution in [3.8, 4) is 56.6 Å². The summed E-state index contributed by atoms with van der Waals surface area (Å²) in [7, 11) is 0. The van der Waals surface area contributed by atoms with Crippen molar-refractivity contribution in [3.05, 3.63) is 254 Å². The lowest BCUT2D eigenvalue weighted by molar-refractivity contribution is 0.670. The molecule has 0 spiro atoms. The fourth-order valence-corrected chi connectivity index (χ4v) is 9.14. The number of rotatable bonds is 10. The quantitative estimate of drug-likeness (QED) is 0.137. The van der Waals surface area contributed by atoms with Gasteiger partial charge in [0.2, 0.25) is 0 Å². The highest BCUT2D eigenvalue weighted by Gasteiger charge is 2.27. The molecule has 0 unspecified atom stereocenters. The van der Waals surface area contributed by atoms with E-state index in [9.17, 15) is 10.5 Å². The number of fused-ring (bicyclic) bond motifs is 3. The van der Waals surface area contributed by atoms with Crippen molar-refractivity contribution < 1.29 is 4.42 Å². The summed E-state index contributed by atoms with van der Waals surface area (Å²) in [5.41, 5.74) is 16.3. The Morgan fingerprint density at radius 1 is 0.328 bits per heavy atom. The molecule has 67 heavy (non-hydrogen) atoms. The van der Waals surface area contributed by atoms with Gasteiger partial charge in [0.1, 0.15) is 11.2 Å². The minimum absolute atomic E-state index is 0.554. The van der Waals surface area contributed by atoms with E-state index in [-0.39, 0.29) is 0 Å². The molecule has 0 aliphatic carbocycles. The molecule has 0 aliphatic rings. The zero-order valence-corrected chi connectivity index (χ0v) is 36.3. The van der Waals surface area contributed by atoms with Crippen LogP contribution in [0.4, 0.5) is 34.1 Å². The average Bonchev–Trinajstić information content (AvgIpc) is 3.79. The summed E-state index contributed by atoms with van der Waals surface area (Å²) in [5.74, 6) is 0. The summed E-state index contributed by atoms with van der Waals surface area (Å²) in [6.07, 6.45) is 0. The van der Waals surface area contributed by atoms with Gasteiger partial charge in [-0.1, -0.05) is 152 Å². The van der Waals surface area contributed by atoms with Crippen LogP contribution in [0.5, 0.6) is 0 Å². The highest BCUT2D eigenvalue weighted by molar-refractivity contribution is 6.11. The van der Waals surface area contributed by atoms with Gasteiger partial charge < -0.3 is 14.2 Å². The Hall–Kier alpha value is -9.42. The van der Waals surface area contributed by atoms with Crippen molar-refractivity contribution in [3.63, 3.8) is 0 Å². The first-order valence-electron chi connectivity index (χ1n) is 22.2. The largest absolute Gasteiger partial charge is 0.455 e. The van der Waals surface area contributed by atoms with Crippen LogP contribution >= 0.6 is 0 Å². The van der Waals surface area contributed by atoms with Crippen LogP contribution in [-0.2, 0) is 0 Å². The first kappa shape index (κ1) is 40.4. The predicted molar refractivity (Wildman–Crippen MR) is 274 cm³/mol. The van der Waals surface area contributed by atoms with Crippen molar-refractivity contribution in [1.29, 1.82) is 10.5 Å². The standard InChI is InChI=1S/C62H40N4O/c63-41-43-29-31-47(32-30-43)48-18-13-24-54(38-48)66(52-22-8-3-9-23-52)59-40-50(55-26-14-27-57-56-25-10-11-28-60(56)67-62(55)57)39-58(61(59)49-19-12-15-44(37-49)42-64)65(51-20-6-2-7-21-51)53-35-33-46(34-36-53)45-16-4-1-5-17-45/h1-40H. The Labute approximate surface area is 389 Å². The number of hydrogen-bond donors (Lipinski definition) is 0. The molecule has 5 heteroatoms. The van der Waals surface area contributed by atoms with Crippen LogP contribution < -0.4 is 9.80 Å². The molecule has 0 aliphatic heterocycles. The lowest BCUT2D eigenvalue weighted by atomic mass is 9.92. The Balaban J connectivity index is 1.26. The van der Waals surface area contributed by atoms with Crippen LogP contribution in [0.15, 0.2) is 247 Å². The molecular formula is C62H40N4O. The van der Waals surface area contributed by atoms with Gasteiger partial charge in [0.25, 0.3) is 0 Å². The average molecular weight is 857 g/mol. The molecule has 0 saturated heterocycles. The Bertz CT molecular complexity index is 3640. The van der Waals surface area contributed by atoms with Crippen LogP contribution in [0.1, 0.15) is 11.1 Å². The molecule has 1 aromatic heterocycles. The molecule has 0 atom stereocenters. The first-order chi connectivity index (χ1) is 33.1. The van der Waals surface area contributed by atoms with Gasteiger partial charge in [-0.05, 0) is 124 Å². The van der Waals surface area contributed by atoms with Crippen LogP contribution in [0.25, 0.3) is 66.4 Å². The molecule has 11 rings (SSSR count). The minimum atomic E-state index is 0.554. The second-order valence-electron chi connectivity index (χ2n) is 16.4. The van der Waals surface area contributed by atoms with Crippen molar-refractivity contribution in [2.24, 2.45) is 0 Å². The second-order valence-corrected chi connectivity index (χ2v) is 16.4. The van der Waals surface area contributed by atoms with E-state index < -0.39 is 0 Å². The first-order valence-corrected chi connectivity index (χ1v) is 22.2. The van der Waals surface area contributed by atoms with Crippen molar-refractivity contribution in [2.75, 3.05) is 9.80 Å². The second kappa shape index (κ2) is 17.6. The zero-order chi connectivity index (χ0) is 45.1. The van der Waals surface area contributed by atoms with Crippen LogP contribution in [0, 0.1) is 22.7 Å². The summed E-state index contributed by atoms with van der Waals surface area (Å²) in [4.78, 5) is 4.64. The van der Waals surface area contributed by atoms with E-state index in [2.05, 4.69) is 192 Å². The summed E-state index contributed by atoms with van der Waals surface area (Å²) >= 11 is 0. The monoisotopic (exact) mass is 856 g/mol. The van der Waals surface area contributed by atoms with Gasteiger partial charge in [0.15, 0.2) is 0 Å². The van der Waals surface area contributed by atoms with E-state index >= 15 is 0 Å². The zero-order valence-electron chi connectivity index (χ0n) is 36.3. The third-order valence-corrected chi connectivity index (χ3v) is 12.3. The van der Waals surface area contributed by atoms with E-state index in [1.165, 1.54) is 0 Å². The molecule has 0 N–H and O–H groups in total. The van der Waals surface area contributed by atoms with E-state index in [1.807, 2.05) is 72.8 Å². The van der Waals surface area contributed by atoms with Crippen LogP contribution in [0.3, 0.4) is 0 Å². The van der Waals surface area contributed by atoms with E-state index in [1.54, 1.807) is 0 Å². The number of nitrogens with zero attached hydrogens (tertiary/aromatic N) is 4. The number of para-hydroxylation sites is 4. The Kier molecular flexibility index (Phi) is 10.6. The molecule has 0 radical (unpaired) electrons. The molecule has 11 aromatic rings. The Morgan fingerprint density at radius 3 is 1.51 bits per heavy atom. The van der Waals surface area contributed by atoms with Gasteiger partial charge in [-0.15, -0.1) is 0 Å². The van der Waals surface area contributed by atoms with Gasteiger partial charge in [-0.3, -0.25) is 0 Å². The molecule has 314 valence electrons. The number of nitriles is 2. The summed E-state index contributed by atoms with van der Waals surface area (Å²) < 4.78 is 6.78. The number of furan rings is 1. The fourth-order valence-electron chi connectivity index (χ4n) is 9.14. The number of benzene rings is 10. The third kappa shape index (κ3) is 7.74. The van der Waals surface area contributed by atoms with Crippen LogP contribution in [-0.4, -0.2) is 0 Å². The summed E-state index contributed by atoms with van der Waals surface area (Å²) in [5, 5.41) is 22.1. The van der Waals surface area contributed by atoms with E-state index in [0.29, 0.717) is 11.1 Å². The summed E-state index contributed by atoms with van der Waals surface area (Å²) in [6, 6.07) is 88.0. The van der Waals surface area contributed by atoms with Crippen molar-refractivity contribution in [2.45, 2.75) is 0 Å². The normalized spacial score (nSPS) is 11.0. The van der Waals surface area contributed by atoms with Gasteiger partial charge in [-0.2, -0.15) is 10.5 Å². The van der Waals surface area contributed by atoms with Crippen LogP contribution in [0.2, 0.25) is 0 Å². The third-order valence-electron chi connectivity index (χ3n) is 12.3. The maximum atomic E-state index is 10.4. The lowest BCUT2D eigenvalue weighted by Crippen LogP contribution is -2.16. The van der Waals surface area contributed by atoms with Gasteiger partial charge >= 0.3 is 0 Å². The molecule has 0 saturated carbocycles. The fraction of sp³-hybridized carbons (Fsp3) is 0. The van der Waals surface area contributed by atoms with Gasteiger partial charge in [-0.25, -0.2) is 0 Å². The molecule has 5 nitrogen and oxygen atoms in total. The molecule has 0 fully saturated rings. The molecule has 0 amide bonds. The minimum Gasteiger partial charge on any atom is -0.455 e. The smallest absolute Gasteiger partial charge is 0.143 e. The number of anilines is 6. The summed E-state index contributed by atoms with van der Waals surface area (Å²) in [6.45, 7) is 0. The molecule has 0 bridgehead atoms. The van der Waals surface area contributed by atoms with Gasteiger partial charge in [0, 0.05) is 44.6 Å².